The molecule has 0 atom stereocenters. The van der Waals surface area contributed by atoms with E-state index in [1.165, 1.54) is 0 Å². The molecule has 2 N–H and O–H groups in total. The van der Waals surface area contributed by atoms with Gasteiger partial charge in [-0.15, -0.1) is 22.6 Å². The molecule has 0 radical (unpaired) electrons. The molecule has 0 spiro atoms. The molecule has 3 aromatic heterocycles. The highest BCUT2D eigenvalue weighted by molar-refractivity contribution is 6.31. The fourth-order valence-corrected chi connectivity index (χ4v) is 8.57. The van der Waals surface area contributed by atoms with Crippen molar-refractivity contribution in [1.29, 1.82) is 5.26 Å². The molecule has 4 aliphatic rings. The molecular formula is C39H45Cl2N11O4. The Morgan fingerprint density at radius 1 is 0.946 bits per heavy atom. The molecule has 6 heterocycles. The van der Waals surface area contributed by atoms with Crippen molar-refractivity contribution in [2.75, 3.05) is 49.1 Å². The lowest BCUT2D eigenvalue weighted by Crippen LogP contribution is -2.49. The van der Waals surface area contributed by atoms with Crippen molar-refractivity contribution in [3.63, 3.8) is 0 Å². The number of piperidine rings is 2. The third-order valence-corrected chi connectivity index (χ3v) is 11.8. The monoisotopic (exact) mass is 801 g/mol. The lowest BCUT2D eigenvalue weighted by Gasteiger charge is -2.38. The minimum Gasteiger partial charge on any atom is -0.490 e. The number of hydrogen-bond acceptors (Lipinski definition) is 11. The fourth-order valence-electron chi connectivity index (χ4n) is 8.35. The van der Waals surface area contributed by atoms with Crippen LogP contribution in [0, 0.1) is 17.2 Å². The Kier molecular flexibility index (Phi) is 12.2. The third kappa shape index (κ3) is 8.67. The number of pyridine rings is 1. The van der Waals surface area contributed by atoms with Gasteiger partial charge >= 0.3 is 6.03 Å². The minimum atomic E-state index is -0.421. The highest BCUT2D eigenvalue weighted by Gasteiger charge is 2.30. The number of carbonyl (C=O) groups is 3. The van der Waals surface area contributed by atoms with Crippen molar-refractivity contribution >= 4 is 64.3 Å². The number of likely N-dealkylation sites (tertiary alicyclic amines) is 1. The normalized spacial score (nSPS) is 21.3. The first-order valence-corrected chi connectivity index (χ1v) is 19.6. The van der Waals surface area contributed by atoms with E-state index in [4.69, 9.17) is 26.7 Å². The van der Waals surface area contributed by atoms with Crippen LogP contribution in [0.4, 0.5) is 16.3 Å². The van der Waals surface area contributed by atoms with Gasteiger partial charge in [0.2, 0.25) is 5.91 Å². The average Bonchev–Trinajstić information content (AvgIpc) is 3.64. The third-order valence-electron chi connectivity index (χ3n) is 11.5. The van der Waals surface area contributed by atoms with Crippen LogP contribution in [0.25, 0.3) is 10.9 Å². The van der Waals surface area contributed by atoms with Crippen LogP contribution >= 0.6 is 24.0 Å². The summed E-state index contributed by atoms with van der Waals surface area (Å²) in [4.78, 5) is 48.0. The first-order chi connectivity index (χ1) is 26.8. The van der Waals surface area contributed by atoms with Crippen LogP contribution in [0.15, 0.2) is 48.9 Å². The lowest BCUT2D eigenvalue weighted by molar-refractivity contribution is -0.120. The molecule has 294 valence electrons. The van der Waals surface area contributed by atoms with Crippen LogP contribution in [0.1, 0.15) is 79.9 Å². The quantitative estimate of drug-likeness (QED) is 0.225. The van der Waals surface area contributed by atoms with Gasteiger partial charge in [-0.3, -0.25) is 29.5 Å². The van der Waals surface area contributed by atoms with Gasteiger partial charge in [-0.2, -0.15) is 10.4 Å². The van der Waals surface area contributed by atoms with Gasteiger partial charge in [0.1, 0.15) is 11.8 Å². The molecule has 15 nitrogen and oxygen atoms in total. The molecule has 3 aliphatic heterocycles. The maximum atomic E-state index is 13.0. The SMILES string of the molecule is Cl.N#Cc1ccc(OC2CCC(NC(=O)c3ccc(N4CCC(CN5CCC(n6ncc7c(N8CCC(=O)NC8=O)cncc76)CC5)CC4)nn3)CC2)cc1Cl. The molecule has 4 amide bonds. The number of rotatable bonds is 9. The molecule has 4 aromatic rings. The number of halogens is 2. The molecule has 3 saturated heterocycles. The first kappa shape index (κ1) is 39.2. The Bertz CT molecular complexity index is 2080. The second-order valence-electron chi connectivity index (χ2n) is 15.0. The summed E-state index contributed by atoms with van der Waals surface area (Å²) >= 11 is 6.15. The smallest absolute Gasteiger partial charge is 0.328 e. The number of fused-ring (bicyclic) bond motifs is 1. The van der Waals surface area contributed by atoms with Gasteiger partial charge in [0, 0.05) is 63.2 Å². The lowest BCUT2D eigenvalue weighted by atomic mass is 9.92. The van der Waals surface area contributed by atoms with Crippen molar-refractivity contribution in [3.05, 3.63) is 65.2 Å². The van der Waals surface area contributed by atoms with Crippen molar-refractivity contribution in [2.45, 2.75) is 76.0 Å². The van der Waals surface area contributed by atoms with Crippen LogP contribution < -0.4 is 25.2 Å². The second kappa shape index (κ2) is 17.4. The summed E-state index contributed by atoms with van der Waals surface area (Å²) in [5.41, 5.74) is 2.32. The fraction of sp³-hybridized carbons (Fsp3) is 0.487. The first-order valence-electron chi connectivity index (χ1n) is 19.2. The van der Waals surface area contributed by atoms with Crippen LogP contribution in [0.2, 0.25) is 5.02 Å². The molecular weight excluding hydrogens is 757 g/mol. The van der Waals surface area contributed by atoms with Crippen molar-refractivity contribution < 1.29 is 19.1 Å². The standard InChI is InChI=1S/C39H44ClN11O4.ClH/c40-32-19-30(4-1-26(32)20-41)55-29-5-2-27(3-6-29)44-38(53)33-7-8-36(47-46-33)49-16-9-25(10-17-49)24-48-14-11-28(12-15-48)51-35-23-42-22-34(31(35)21-43-51)50-18-13-37(52)45-39(50)54;/h1,4,7-8,19,21-23,25,27-29H,2-3,5-6,9-18,24H2,(H,44,53)(H,45,52,54);1H. The van der Waals surface area contributed by atoms with E-state index in [1.54, 1.807) is 35.4 Å². The van der Waals surface area contributed by atoms with E-state index < -0.39 is 6.03 Å². The number of urea groups is 1. The predicted molar refractivity (Wildman–Crippen MR) is 212 cm³/mol. The highest BCUT2D eigenvalue weighted by atomic mass is 35.5. The molecule has 1 aliphatic carbocycles. The number of nitrogens with zero attached hydrogens (tertiary/aromatic N) is 9. The maximum absolute atomic E-state index is 13.0. The van der Waals surface area contributed by atoms with Gasteiger partial charge in [-0.05, 0) is 81.5 Å². The highest BCUT2D eigenvalue weighted by Crippen LogP contribution is 2.33. The molecule has 4 fully saturated rings. The summed E-state index contributed by atoms with van der Waals surface area (Å²) < 4.78 is 8.14. The van der Waals surface area contributed by atoms with Gasteiger partial charge in [0.25, 0.3) is 5.91 Å². The summed E-state index contributed by atoms with van der Waals surface area (Å²) in [6.45, 7) is 5.19. The minimum absolute atomic E-state index is 0. The van der Waals surface area contributed by atoms with Gasteiger partial charge in [0.05, 0.1) is 52.5 Å². The number of carbonyl (C=O) groups excluding carboxylic acids is 3. The summed E-state index contributed by atoms with van der Waals surface area (Å²) in [6.07, 6.45) is 12.9. The molecule has 1 saturated carbocycles. The molecule has 0 unspecified atom stereocenters. The summed E-state index contributed by atoms with van der Waals surface area (Å²) in [5, 5.41) is 29.3. The average molecular weight is 803 g/mol. The summed E-state index contributed by atoms with van der Waals surface area (Å²) in [7, 11) is 0. The number of benzene rings is 1. The Morgan fingerprint density at radius 2 is 1.73 bits per heavy atom. The van der Waals surface area contributed by atoms with E-state index in [1.807, 2.05) is 18.5 Å². The van der Waals surface area contributed by atoms with Crippen molar-refractivity contribution in [2.24, 2.45) is 5.92 Å². The van der Waals surface area contributed by atoms with Gasteiger partial charge in [-0.1, -0.05) is 11.6 Å². The molecule has 8 rings (SSSR count). The number of ether oxygens (including phenoxy) is 1. The Balaban J connectivity index is 0.00000480. The van der Waals surface area contributed by atoms with E-state index in [9.17, 15) is 14.4 Å². The molecule has 0 bridgehead atoms. The molecule has 17 heteroatoms. The topological polar surface area (TPSA) is 174 Å². The van der Waals surface area contributed by atoms with Gasteiger partial charge in [0.15, 0.2) is 11.5 Å². The zero-order valence-electron chi connectivity index (χ0n) is 31.0. The Morgan fingerprint density at radius 3 is 2.43 bits per heavy atom. The van der Waals surface area contributed by atoms with Crippen LogP contribution in [0.5, 0.6) is 5.75 Å². The summed E-state index contributed by atoms with van der Waals surface area (Å²) in [6, 6.07) is 10.7. The van der Waals surface area contributed by atoms with E-state index in [0.717, 1.165) is 101 Å². The predicted octanol–water partition coefficient (Wildman–Crippen LogP) is 5.29. The van der Waals surface area contributed by atoms with Gasteiger partial charge in [-0.25, -0.2) is 4.79 Å². The largest absolute Gasteiger partial charge is 0.490 e. The van der Waals surface area contributed by atoms with Crippen molar-refractivity contribution in [3.8, 4) is 11.8 Å². The van der Waals surface area contributed by atoms with Crippen LogP contribution in [-0.4, -0.2) is 99.1 Å². The van der Waals surface area contributed by atoms with Crippen LogP contribution in [-0.2, 0) is 4.79 Å². The van der Waals surface area contributed by atoms with Crippen LogP contribution in [0.3, 0.4) is 0 Å². The number of aromatic nitrogens is 5. The molecule has 1 aromatic carbocycles. The number of amides is 4. The summed E-state index contributed by atoms with van der Waals surface area (Å²) in [5.74, 6) is 1.58. The zero-order valence-corrected chi connectivity index (χ0v) is 32.6. The number of hydrogen-bond donors (Lipinski definition) is 2. The van der Waals surface area contributed by atoms with E-state index >= 15 is 0 Å². The Hall–Kier alpha value is -5.04. The zero-order chi connectivity index (χ0) is 37.9. The molecule has 56 heavy (non-hydrogen) atoms. The number of nitriles is 1. The van der Waals surface area contributed by atoms with E-state index in [2.05, 4.69) is 46.4 Å². The number of imide groups is 1. The van der Waals surface area contributed by atoms with E-state index in [-0.39, 0.29) is 48.8 Å². The Labute approximate surface area is 336 Å². The van der Waals surface area contributed by atoms with Crippen molar-refractivity contribution in [1.82, 2.24) is 40.5 Å². The van der Waals surface area contributed by atoms with E-state index in [0.29, 0.717) is 40.2 Å². The second-order valence-corrected chi connectivity index (χ2v) is 15.4. The number of nitrogens with one attached hydrogen (secondary N) is 2. The van der Waals surface area contributed by atoms with Gasteiger partial charge < -0.3 is 19.9 Å². The number of anilines is 2. The maximum Gasteiger partial charge on any atom is 0.328 e.